The van der Waals surface area contributed by atoms with Crippen molar-refractivity contribution in [3.05, 3.63) is 103 Å². The molecule has 5 aromatic heterocycles. The molecule has 0 spiro atoms. The van der Waals surface area contributed by atoms with Gasteiger partial charge in [0.1, 0.15) is 41.5 Å². The predicted molar refractivity (Wildman–Crippen MR) is 272 cm³/mol. The molecule has 2 saturated heterocycles. The zero-order valence-electron chi connectivity index (χ0n) is 41.2. The molecule has 18 nitrogen and oxygen atoms in total. The normalized spacial score (nSPS) is 21.7. The number of thiophene rings is 1. The van der Waals surface area contributed by atoms with Gasteiger partial charge in [-0.15, -0.1) is 11.3 Å². The molecule has 3 unspecified atom stereocenters. The average Bonchev–Trinajstić information content (AvgIpc) is 4.12. The Hall–Kier alpha value is -7.14. The maximum Gasteiger partial charge on any atom is 0.343 e. The molecule has 1 aromatic carbocycles. The fourth-order valence-electron chi connectivity index (χ4n) is 11.5. The molecule has 0 saturated carbocycles. The van der Waals surface area contributed by atoms with Gasteiger partial charge in [-0.1, -0.05) is 25.6 Å². The number of hydrogen-bond acceptors (Lipinski definition) is 17. The van der Waals surface area contributed by atoms with E-state index < -0.39 is 17.0 Å². The molecule has 1 amide bonds. The highest BCUT2D eigenvalue weighted by Gasteiger charge is 2.46. The van der Waals surface area contributed by atoms with Gasteiger partial charge in [0.25, 0.3) is 11.5 Å². The van der Waals surface area contributed by atoms with Gasteiger partial charge in [0, 0.05) is 96.1 Å². The molecule has 4 aliphatic heterocycles. The Morgan fingerprint density at radius 1 is 1.07 bits per heavy atom. The van der Waals surface area contributed by atoms with E-state index in [1.165, 1.54) is 11.3 Å². The van der Waals surface area contributed by atoms with Crippen LogP contribution in [0.25, 0.3) is 33.8 Å². The maximum atomic E-state index is 13.9. The second-order valence-electron chi connectivity index (χ2n) is 20.0. The molecule has 0 bridgehead atoms. The number of piperazine rings is 2. The first-order valence-electron chi connectivity index (χ1n) is 24.7. The first kappa shape index (κ1) is 47.2. The van der Waals surface area contributed by atoms with E-state index in [2.05, 4.69) is 59.5 Å². The number of nitriles is 1. The number of aliphatic hydroxyl groups is 1. The van der Waals surface area contributed by atoms with Crippen molar-refractivity contribution in [2.24, 2.45) is 0 Å². The highest BCUT2D eigenvalue weighted by atomic mass is 32.1. The van der Waals surface area contributed by atoms with Gasteiger partial charge in [0.2, 0.25) is 11.7 Å². The number of nitrogens with zero attached hydrogens (tertiary/aromatic N) is 10. The number of nitrogen functional groups attached to an aromatic ring is 1. The quantitative estimate of drug-likeness (QED) is 0.125. The Morgan fingerprint density at radius 3 is 2.62 bits per heavy atom. The minimum Gasteiger partial charge on any atom is -0.489 e. The molecule has 11 rings (SSSR count). The Bertz CT molecular complexity index is 3350. The number of esters is 1. The summed E-state index contributed by atoms with van der Waals surface area (Å²) in [5.74, 6) is 1.25. The van der Waals surface area contributed by atoms with Gasteiger partial charge >= 0.3 is 5.97 Å². The second kappa shape index (κ2) is 17.9. The number of fused-ring (bicyclic) bond motifs is 6. The van der Waals surface area contributed by atoms with E-state index in [4.69, 9.17) is 34.7 Å². The van der Waals surface area contributed by atoms with Crippen LogP contribution < -0.4 is 25.8 Å². The molecule has 6 aromatic rings. The van der Waals surface area contributed by atoms with Crippen molar-refractivity contribution >= 4 is 50.6 Å². The van der Waals surface area contributed by atoms with Gasteiger partial charge in [0.15, 0.2) is 5.60 Å². The largest absolute Gasteiger partial charge is 0.489 e. The zero-order chi connectivity index (χ0) is 50.4. The number of aromatic nitrogens is 5. The summed E-state index contributed by atoms with van der Waals surface area (Å²) in [5, 5.41) is 27.3. The van der Waals surface area contributed by atoms with Gasteiger partial charge in [-0.05, 0) is 88.9 Å². The highest BCUT2D eigenvalue weighted by Crippen LogP contribution is 2.49. The van der Waals surface area contributed by atoms with Gasteiger partial charge in [-0.2, -0.15) is 10.2 Å². The van der Waals surface area contributed by atoms with E-state index >= 15 is 0 Å². The van der Waals surface area contributed by atoms with Crippen molar-refractivity contribution in [1.29, 1.82) is 5.26 Å². The molecule has 2 fully saturated rings. The monoisotopic (exact) mass is 991 g/mol. The molecule has 372 valence electrons. The van der Waals surface area contributed by atoms with E-state index in [1.54, 1.807) is 17.6 Å². The second-order valence-corrected chi connectivity index (χ2v) is 21.1. The van der Waals surface area contributed by atoms with Crippen molar-refractivity contribution in [2.75, 3.05) is 75.0 Å². The van der Waals surface area contributed by atoms with Crippen molar-refractivity contribution in [3.8, 4) is 34.7 Å². The number of nitrogens with two attached hydrogens (primary N) is 1. The third kappa shape index (κ3) is 7.60. The summed E-state index contributed by atoms with van der Waals surface area (Å²) >= 11 is 1.47. The Kier molecular flexibility index (Phi) is 11.7. The molecule has 1 aliphatic carbocycles. The lowest BCUT2D eigenvalue weighted by Crippen LogP contribution is -2.51. The van der Waals surface area contributed by atoms with Crippen LogP contribution in [0.15, 0.2) is 57.9 Å². The lowest BCUT2D eigenvalue weighted by Gasteiger charge is -2.40. The molecule has 9 heterocycles. The van der Waals surface area contributed by atoms with Crippen LogP contribution in [0.3, 0.4) is 0 Å². The van der Waals surface area contributed by atoms with E-state index in [0.717, 1.165) is 77.4 Å². The number of benzene rings is 1. The van der Waals surface area contributed by atoms with Crippen LogP contribution in [-0.4, -0.2) is 117 Å². The molecular formula is C53H57N11O7S. The fraction of sp³-hybridized carbons (Fsp3) is 0.434. The van der Waals surface area contributed by atoms with E-state index in [-0.39, 0.29) is 48.3 Å². The summed E-state index contributed by atoms with van der Waals surface area (Å²) in [7, 11) is 2.13. The number of pyridine rings is 3. The minimum atomic E-state index is -1.91. The number of hydrogen-bond donors (Lipinski definition) is 2. The van der Waals surface area contributed by atoms with E-state index in [0.29, 0.717) is 95.3 Å². The van der Waals surface area contributed by atoms with Crippen LogP contribution in [0.1, 0.15) is 91.1 Å². The third-order valence-corrected chi connectivity index (χ3v) is 16.7. The molecule has 3 atom stereocenters. The van der Waals surface area contributed by atoms with Crippen LogP contribution in [0.5, 0.6) is 5.75 Å². The topological polar surface area (TPSA) is 222 Å². The Balaban J connectivity index is 0.792. The summed E-state index contributed by atoms with van der Waals surface area (Å²) < 4.78 is 19.2. The molecule has 3 N–H and O–H groups in total. The Morgan fingerprint density at radius 2 is 1.88 bits per heavy atom. The van der Waals surface area contributed by atoms with Crippen LogP contribution in [0, 0.1) is 11.3 Å². The summed E-state index contributed by atoms with van der Waals surface area (Å²) in [4.78, 5) is 65.4. The number of cyclic esters (lactones) is 1. The van der Waals surface area contributed by atoms with Crippen molar-refractivity contribution in [3.63, 3.8) is 0 Å². The third-order valence-electron chi connectivity index (χ3n) is 15.6. The van der Waals surface area contributed by atoms with E-state index in [9.17, 15) is 24.8 Å². The number of amides is 1. The number of ether oxygens (including phenoxy) is 2. The molecular weight excluding hydrogens is 935 g/mol. The van der Waals surface area contributed by atoms with Gasteiger partial charge in [-0.25, -0.2) is 14.8 Å². The average molecular weight is 992 g/mol. The molecule has 19 heteroatoms. The smallest absolute Gasteiger partial charge is 0.343 e. The standard InChI is InChI=1S/C53H57N11O7S/c1-7-33-34-22-32(11-12-39(34)57-45-36(33)26-64-41(45)23-38-37(49(64)66)28-70-51(67)53(38,68)8-2)69-27-29(3)48(65)62-17-15-61(16-18-62)31-20-40(56-43(21-31)63-19-14-60(6)25-30(63)4)47-58-50(71-59-47)52(5)13-9-10-42-44(52)35(24-54)46(55)72-42/h11-12,20-23,30,68H,3,7-10,13-19,25-28,55H2,1-2,4-6H3. The maximum absolute atomic E-state index is 13.9. The molecule has 72 heavy (non-hydrogen) atoms. The first-order valence-corrected chi connectivity index (χ1v) is 25.6. The number of carbonyl (C=O) groups is 2. The van der Waals surface area contributed by atoms with E-state index in [1.807, 2.05) is 36.1 Å². The van der Waals surface area contributed by atoms with Crippen molar-refractivity contribution in [1.82, 2.24) is 34.5 Å². The number of rotatable bonds is 10. The number of carbonyl (C=O) groups excluding carboxylic acids is 2. The summed E-state index contributed by atoms with van der Waals surface area (Å²) in [6.07, 6.45) is 3.22. The van der Waals surface area contributed by atoms with Crippen LogP contribution in [0.4, 0.5) is 16.5 Å². The SMILES string of the molecule is C=C(COc1ccc2nc3c(c(CC)c2c1)Cn1c-3cc2c(c1=O)COC(=O)C2(O)CC)C(=O)N1CCN(c2cc(-c3noc(C4(C)CCCc5sc(N)c(C#N)c54)n3)nc(N3CCN(C)CC3C)c2)CC1. The fourth-order valence-corrected chi connectivity index (χ4v) is 12.7. The zero-order valence-corrected chi connectivity index (χ0v) is 42.0. The summed E-state index contributed by atoms with van der Waals surface area (Å²) in [6, 6.07) is 14.0. The predicted octanol–water partition coefficient (Wildman–Crippen LogP) is 5.67. The summed E-state index contributed by atoms with van der Waals surface area (Å²) in [5.41, 5.74) is 11.0. The molecule has 0 radical (unpaired) electrons. The number of likely N-dealkylation sites (N-methyl/N-ethyl adjacent to an activating group) is 1. The van der Waals surface area contributed by atoms with Crippen LogP contribution in [0.2, 0.25) is 0 Å². The highest BCUT2D eigenvalue weighted by molar-refractivity contribution is 7.16. The summed E-state index contributed by atoms with van der Waals surface area (Å²) in [6.45, 7) is 16.9. The van der Waals surface area contributed by atoms with Gasteiger partial charge < -0.3 is 49.0 Å². The van der Waals surface area contributed by atoms with Crippen LogP contribution >= 0.6 is 11.3 Å². The van der Waals surface area contributed by atoms with Gasteiger partial charge in [-0.3, -0.25) is 9.59 Å². The van der Waals surface area contributed by atoms with Gasteiger partial charge in [0.05, 0.1) is 40.0 Å². The lowest BCUT2D eigenvalue weighted by molar-refractivity contribution is -0.172. The Labute approximate surface area is 420 Å². The van der Waals surface area contributed by atoms with Crippen molar-refractivity contribution in [2.45, 2.75) is 90.0 Å². The first-order chi connectivity index (χ1) is 34.6. The molecule has 5 aliphatic rings. The number of anilines is 3. The number of aryl methyl sites for hydroxylation is 2. The van der Waals surface area contributed by atoms with Crippen LogP contribution in [-0.2, 0) is 51.3 Å². The minimum absolute atomic E-state index is 0.0111. The van der Waals surface area contributed by atoms with Crippen molar-refractivity contribution < 1.29 is 28.7 Å². The lowest BCUT2D eigenvalue weighted by atomic mass is 9.72.